The van der Waals surface area contributed by atoms with E-state index in [1.54, 1.807) is 0 Å². The molecule has 43 valence electrons. The van der Waals surface area contributed by atoms with E-state index in [-0.39, 0.29) is 78.6 Å². The molecule has 8 heavy (non-hydrogen) atoms. The molecule has 0 heterocycles. The van der Waals surface area contributed by atoms with Crippen molar-refractivity contribution in [1.29, 1.82) is 0 Å². The SMILES string of the molecule is C[N-]C(=O)[N-]C.[Rb+].[Re]. The Bertz CT molecular complexity index is 55.2. The first-order valence-corrected chi connectivity index (χ1v) is 1.55. The number of hydrogen-bond acceptors (Lipinski definition) is 1. The summed E-state index contributed by atoms with van der Waals surface area (Å²) in [5.41, 5.74) is 0. The van der Waals surface area contributed by atoms with Gasteiger partial charge in [-0.1, -0.05) is 0 Å². The molecule has 5 heteroatoms. The first kappa shape index (κ1) is 16.4. The van der Waals surface area contributed by atoms with Gasteiger partial charge >= 0.3 is 58.2 Å². The molecule has 3 nitrogen and oxygen atoms in total. The normalized spacial score (nSPS) is 5.25. The van der Waals surface area contributed by atoms with E-state index in [2.05, 4.69) is 10.6 Å². The molecular formula is C3H6N2ORbRe-. The van der Waals surface area contributed by atoms with Crippen molar-refractivity contribution >= 4 is 6.03 Å². The smallest absolute Gasteiger partial charge is 0.672 e. The van der Waals surface area contributed by atoms with Gasteiger partial charge in [-0.2, -0.15) is 0 Å². The van der Waals surface area contributed by atoms with Crippen LogP contribution in [-0.4, -0.2) is 20.1 Å². The van der Waals surface area contributed by atoms with Crippen LogP contribution < -0.4 is 58.2 Å². The molecule has 1 radical (unpaired) electrons. The Hall–Kier alpha value is 1.74. The maximum absolute atomic E-state index is 9.85. The number of nitrogens with zero attached hydrogens (tertiary/aromatic N) is 2. The van der Waals surface area contributed by atoms with Crippen LogP contribution in [0.1, 0.15) is 0 Å². The van der Waals surface area contributed by atoms with Crippen LogP contribution in [0.4, 0.5) is 4.79 Å². The van der Waals surface area contributed by atoms with Gasteiger partial charge in [0.1, 0.15) is 0 Å². The minimum absolute atomic E-state index is 0. The predicted octanol–water partition coefficient (Wildman–Crippen LogP) is -1.89. The van der Waals surface area contributed by atoms with Crippen molar-refractivity contribution < 1.29 is 83.4 Å². The molecule has 0 fully saturated rings. The van der Waals surface area contributed by atoms with E-state index in [9.17, 15) is 4.79 Å². The van der Waals surface area contributed by atoms with Gasteiger partial charge in [0.15, 0.2) is 0 Å². The Morgan fingerprint density at radius 1 is 1.25 bits per heavy atom. The second kappa shape index (κ2) is 11.5. The zero-order valence-electron chi connectivity index (χ0n) is 5.18. The minimum Gasteiger partial charge on any atom is -0.672 e. The molecule has 0 saturated heterocycles. The second-order valence-corrected chi connectivity index (χ2v) is 0.730. The predicted molar refractivity (Wildman–Crippen MR) is 24.0 cm³/mol. The Kier molecular flexibility index (Phi) is 23.6. The summed E-state index contributed by atoms with van der Waals surface area (Å²) in [5, 5.41) is 6.40. The summed E-state index contributed by atoms with van der Waals surface area (Å²) >= 11 is 0. The zero-order valence-corrected chi connectivity index (χ0v) is 12.8. The zero-order chi connectivity index (χ0) is 4.99. The topological polar surface area (TPSA) is 45.3 Å². The van der Waals surface area contributed by atoms with Gasteiger partial charge in [0.2, 0.25) is 0 Å². The Labute approximate surface area is 112 Å². The van der Waals surface area contributed by atoms with Crippen molar-refractivity contribution in [2.45, 2.75) is 0 Å². The van der Waals surface area contributed by atoms with Crippen molar-refractivity contribution in [2.75, 3.05) is 14.1 Å². The molecule has 0 atom stereocenters. The molecule has 0 aliphatic rings. The van der Waals surface area contributed by atoms with Gasteiger partial charge in [-0.25, -0.2) is 0 Å². The van der Waals surface area contributed by atoms with Crippen LogP contribution in [0.25, 0.3) is 10.6 Å². The molecule has 0 aliphatic carbocycles. The van der Waals surface area contributed by atoms with Gasteiger partial charge in [-0.3, -0.25) is 0 Å². The van der Waals surface area contributed by atoms with Gasteiger partial charge < -0.3 is 15.4 Å². The van der Waals surface area contributed by atoms with E-state index in [1.165, 1.54) is 14.1 Å². The third-order valence-corrected chi connectivity index (χ3v) is 0.383. The van der Waals surface area contributed by atoms with E-state index in [1.807, 2.05) is 0 Å². The minimum atomic E-state index is -0.407. The van der Waals surface area contributed by atoms with Crippen molar-refractivity contribution in [2.24, 2.45) is 0 Å². The van der Waals surface area contributed by atoms with Crippen molar-refractivity contribution in [3.05, 3.63) is 10.6 Å². The standard InChI is InChI=1S/C3H7N2O.Rb.Re/c1-4-3(6)5-2;;/h1-2H3,(H-,4,5,6);;/q-1;+1;/p-1. The third-order valence-electron chi connectivity index (χ3n) is 0.383. The summed E-state index contributed by atoms with van der Waals surface area (Å²) in [7, 11) is 2.82. The molecule has 2 amide bonds. The van der Waals surface area contributed by atoms with Crippen LogP contribution in [-0.2, 0) is 20.4 Å². The molecule has 0 spiro atoms. The second-order valence-electron chi connectivity index (χ2n) is 0.730. The summed E-state index contributed by atoms with van der Waals surface area (Å²) < 4.78 is 0. The quantitative estimate of drug-likeness (QED) is 0.500. The number of carbonyl (C=O) groups excluding carboxylic acids is 1. The van der Waals surface area contributed by atoms with Crippen LogP contribution in [0.5, 0.6) is 0 Å². The molecule has 0 rings (SSSR count). The van der Waals surface area contributed by atoms with Gasteiger partial charge in [0, 0.05) is 20.4 Å². The van der Waals surface area contributed by atoms with E-state index >= 15 is 0 Å². The fourth-order valence-corrected chi connectivity index (χ4v) is 0.100. The third kappa shape index (κ3) is 10.7. The summed E-state index contributed by atoms with van der Waals surface area (Å²) in [4.78, 5) is 9.85. The molecule has 0 saturated carbocycles. The molecular weight excluding hydrogens is 352 g/mol. The van der Waals surface area contributed by atoms with Gasteiger partial charge in [0.25, 0.3) is 0 Å². The van der Waals surface area contributed by atoms with Crippen molar-refractivity contribution in [3.8, 4) is 0 Å². The number of rotatable bonds is 0. The van der Waals surface area contributed by atoms with E-state index < -0.39 is 6.03 Å². The fourth-order valence-electron chi connectivity index (χ4n) is 0.100. The Morgan fingerprint density at radius 3 is 1.50 bits per heavy atom. The Morgan fingerprint density at radius 2 is 1.50 bits per heavy atom. The van der Waals surface area contributed by atoms with E-state index in [0.29, 0.717) is 0 Å². The van der Waals surface area contributed by atoms with Crippen LogP contribution in [0.15, 0.2) is 0 Å². The van der Waals surface area contributed by atoms with Crippen LogP contribution in [0.3, 0.4) is 0 Å². The molecule has 0 aliphatic heterocycles. The average Bonchev–Trinajstić information content (AvgIpc) is 1.65. The number of amides is 2. The van der Waals surface area contributed by atoms with Gasteiger partial charge in [0.05, 0.1) is 0 Å². The van der Waals surface area contributed by atoms with Crippen molar-refractivity contribution in [3.63, 3.8) is 0 Å². The van der Waals surface area contributed by atoms with Crippen molar-refractivity contribution in [1.82, 2.24) is 0 Å². The largest absolute Gasteiger partial charge is 1.00 e. The monoisotopic (exact) mass is 358 g/mol. The van der Waals surface area contributed by atoms with Gasteiger partial charge in [-0.05, 0) is 6.03 Å². The summed E-state index contributed by atoms with van der Waals surface area (Å²) in [6, 6.07) is -0.407. The molecule has 0 N–H and O–H groups in total. The van der Waals surface area contributed by atoms with Crippen LogP contribution in [0, 0.1) is 0 Å². The van der Waals surface area contributed by atoms with Crippen LogP contribution in [0.2, 0.25) is 0 Å². The number of urea groups is 1. The summed E-state index contributed by atoms with van der Waals surface area (Å²) in [6.07, 6.45) is 0. The molecule has 0 unspecified atom stereocenters. The molecule has 0 aromatic carbocycles. The Balaban J connectivity index is -0.000000125. The molecule has 0 bridgehead atoms. The van der Waals surface area contributed by atoms with Crippen LogP contribution >= 0.6 is 0 Å². The summed E-state index contributed by atoms with van der Waals surface area (Å²) in [6.45, 7) is 0. The average molecular weight is 358 g/mol. The molecule has 0 aromatic rings. The van der Waals surface area contributed by atoms with E-state index in [4.69, 9.17) is 0 Å². The number of hydrogen-bond donors (Lipinski definition) is 0. The maximum Gasteiger partial charge on any atom is 1.00 e. The first-order chi connectivity index (χ1) is 2.81. The fraction of sp³-hybridized carbons (Fsp3) is 0.667. The van der Waals surface area contributed by atoms with Gasteiger partial charge in [-0.15, -0.1) is 14.1 Å². The summed E-state index contributed by atoms with van der Waals surface area (Å²) in [5.74, 6) is 0. The van der Waals surface area contributed by atoms with E-state index in [0.717, 1.165) is 0 Å². The maximum atomic E-state index is 9.85. The number of carbonyl (C=O) groups is 1. The molecule has 0 aromatic heterocycles. The first-order valence-electron chi connectivity index (χ1n) is 1.55.